The summed E-state index contributed by atoms with van der Waals surface area (Å²) in [6.07, 6.45) is -4.51. The molecule has 110 valence electrons. The molecule has 0 fully saturated rings. The fourth-order valence-corrected chi connectivity index (χ4v) is 3.37. The molecule has 7 heteroatoms. The first-order valence-electron chi connectivity index (χ1n) is 5.86. The van der Waals surface area contributed by atoms with Crippen molar-refractivity contribution in [2.24, 2.45) is 0 Å². The molecular formula is C14H10BrF3N2S. The number of hydrogen-bond donors (Lipinski definition) is 0. The normalized spacial score (nSPS) is 11.2. The largest absolute Gasteiger partial charge is 0.417 e. The number of thiophene rings is 1. The summed E-state index contributed by atoms with van der Waals surface area (Å²) in [5.41, 5.74) is -0.690. The standard InChI is InChI=1S/C14H10BrF3N2S/c1-20(7-12-5-10(15)8-21-12)11-2-3-13(14(16,17)18)9(4-11)6-19/h2-5,8H,7H2,1H3. The summed E-state index contributed by atoms with van der Waals surface area (Å²) in [7, 11) is 1.78. The first-order chi connectivity index (χ1) is 9.81. The van der Waals surface area contributed by atoms with E-state index in [1.54, 1.807) is 29.4 Å². The van der Waals surface area contributed by atoms with Crippen molar-refractivity contribution >= 4 is 33.0 Å². The average Bonchev–Trinajstić information content (AvgIpc) is 2.82. The summed E-state index contributed by atoms with van der Waals surface area (Å²) in [5, 5.41) is 10.8. The van der Waals surface area contributed by atoms with Gasteiger partial charge in [-0.25, -0.2) is 0 Å². The van der Waals surface area contributed by atoms with E-state index >= 15 is 0 Å². The highest BCUT2D eigenvalue weighted by atomic mass is 79.9. The molecular weight excluding hydrogens is 365 g/mol. The summed E-state index contributed by atoms with van der Waals surface area (Å²) in [5.74, 6) is 0. The number of alkyl halides is 3. The van der Waals surface area contributed by atoms with Gasteiger partial charge in [-0.15, -0.1) is 11.3 Å². The first-order valence-corrected chi connectivity index (χ1v) is 7.54. The Morgan fingerprint density at radius 3 is 2.57 bits per heavy atom. The number of halogens is 4. The summed E-state index contributed by atoms with van der Waals surface area (Å²) in [4.78, 5) is 2.88. The molecule has 0 aliphatic heterocycles. The highest BCUT2D eigenvalue weighted by Crippen LogP contribution is 2.34. The van der Waals surface area contributed by atoms with E-state index in [0.717, 1.165) is 15.4 Å². The Kier molecular flexibility index (Phi) is 4.59. The second-order valence-corrected chi connectivity index (χ2v) is 6.34. The third-order valence-electron chi connectivity index (χ3n) is 2.88. The molecule has 0 saturated heterocycles. The summed E-state index contributed by atoms with van der Waals surface area (Å²) < 4.78 is 39.2. The van der Waals surface area contributed by atoms with E-state index in [-0.39, 0.29) is 5.56 Å². The number of anilines is 1. The fraction of sp³-hybridized carbons (Fsp3) is 0.214. The van der Waals surface area contributed by atoms with Gasteiger partial charge in [-0.2, -0.15) is 18.4 Å². The average molecular weight is 375 g/mol. The molecule has 0 atom stereocenters. The van der Waals surface area contributed by atoms with E-state index in [9.17, 15) is 13.2 Å². The minimum atomic E-state index is -4.51. The van der Waals surface area contributed by atoms with Crippen LogP contribution in [0.25, 0.3) is 0 Å². The van der Waals surface area contributed by atoms with E-state index in [1.165, 1.54) is 12.1 Å². The van der Waals surface area contributed by atoms with Gasteiger partial charge in [0.1, 0.15) is 0 Å². The first kappa shape index (κ1) is 15.9. The maximum atomic E-state index is 12.7. The highest BCUT2D eigenvalue weighted by Gasteiger charge is 2.33. The maximum Gasteiger partial charge on any atom is 0.417 e. The van der Waals surface area contributed by atoms with Gasteiger partial charge in [-0.3, -0.25) is 0 Å². The van der Waals surface area contributed by atoms with Gasteiger partial charge >= 0.3 is 6.18 Å². The van der Waals surface area contributed by atoms with Gasteiger partial charge in [0.2, 0.25) is 0 Å². The predicted octanol–water partition coefficient (Wildman–Crippen LogP) is 5.04. The van der Waals surface area contributed by atoms with Crippen molar-refractivity contribution in [2.45, 2.75) is 12.7 Å². The van der Waals surface area contributed by atoms with Gasteiger partial charge in [0.15, 0.2) is 0 Å². The molecule has 2 aromatic rings. The van der Waals surface area contributed by atoms with Crippen LogP contribution < -0.4 is 4.90 Å². The Bertz CT molecular complexity index is 688. The summed E-state index contributed by atoms with van der Waals surface area (Å²) >= 11 is 4.91. The Morgan fingerprint density at radius 1 is 1.33 bits per heavy atom. The van der Waals surface area contributed by atoms with E-state index < -0.39 is 11.7 Å². The van der Waals surface area contributed by atoms with Gasteiger partial charge in [0.25, 0.3) is 0 Å². The molecule has 0 spiro atoms. The molecule has 0 amide bonds. The quantitative estimate of drug-likeness (QED) is 0.752. The smallest absolute Gasteiger partial charge is 0.369 e. The zero-order valence-corrected chi connectivity index (χ0v) is 13.3. The van der Waals surface area contributed by atoms with Crippen molar-refractivity contribution in [2.75, 3.05) is 11.9 Å². The Labute approximate surface area is 132 Å². The molecule has 0 N–H and O–H groups in total. The van der Waals surface area contributed by atoms with Gasteiger partial charge in [-0.1, -0.05) is 0 Å². The van der Waals surface area contributed by atoms with Crippen LogP contribution in [0.2, 0.25) is 0 Å². The van der Waals surface area contributed by atoms with Crippen LogP contribution in [-0.4, -0.2) is 7.05 Å². The van der Waals surface area contributed by atoms with Crippen LogP contribution in [0.3, 0.4) is 0 Å². The van der Waals surface area contributed by atoms with E-state index in [2.05, 4.69) is 15.9 Å². The Morgan fingerprint density at radius 2 is 2.05 bits per heavy atom. The number of nitrogens with zero attached hydrogens (tertiary/aromatic N) is 2. The van der Waals surface area contributed by atoms with Crippen molar-refractivity contribution in [1.82, 2.24) is 0 Å². The molecule has 0 unspecified atom stereocenters. The molecule has 0 saturated carbocycles. The van der Waals surface area contributed by atoms with Crippen molar-refractivity contribution in [3.8, 4) is 6.07 Å². The lowest BCUT2D eigenvalue weighted by molar-refractivity contribution is -0.137. The molecule has 1 aromatic heterocycles. The lowest BCUT2D eigenvalue weighted by atomic mass is 10.1. The van der Waals surface area contributed by atoms with Crippen molar-refractivity contribution in [1.29, 1.82) is 5.26 Å². The number of nitriles is 1. The highest BCUT2D eigenvalue weighted by molar-refractivity contribution is 9.10. The SMILES string of the molecule is CN(Cc1cc(Br)cs1)c1ccc(C(F)(F)F)c(C#N)c1. The molecule has 2 rings (SSSR count). The lowest BCUT2D eigenvalue weighted by Gasteiger charge is -2.20. The lowest BCUT2D eigenvalue weighted by Crippen LogP contribution is -2.16. The van der Waals surface area contributed by atoms with E-state index in [4.69, 9.17) is 5.26 Å². The van der Waals surface area contributed by atoms with Crippen LogP contribution in [-0.2, 0) is 12.7 Å². The minimum absolute atomic E-state index is 0.362. The summed E-state index contributed by atoms with van der Waals surface area (Å²) in [6, 6.07) is 7.17. The van der Waals surface area contributed by atoms with Gasteiger partial charge in [0, 0.05) is 27.5 Å². The monoisotopic (exact) mass is 374 g/mol. The van der Waals surface area contributed by atoms with E-state index in [0.29, 0.717) is 12.2 Å². The van der Waals surface area contributed by atoms with E-state index in [1.807, 2.05) is 11.4 Å². The molecule has 21 heavy (non-hydrogen) atoms. The minimum Gasteiger partial charge on any atom is -0.369 e. The van der Waals surface area contributed by atoms with Crippen molar-refractivity contribution < 1.29 is 13.2 Å². The molecule has 0 radical (unpaired) electrons. The van der Waals surface area contributed by atoms with Crippen LogP contribution in [0, 0.1) is 11.3 Å². The predicted molar refractivity (Wildman–Crippen MR) is 80.3 cm³/mol. The number of hydrogen-bond acceptors (Lipinski definition) is 3. The van der Waals surface area contributed by atoms with Gasteiger partial charge in [-0.05, 0) is 40.2 Å². The second-order valence-electron chi connectivity index (χ2n) is 4.43. The van der Waals surface area contributed by atoms with Crippen LogP contribution in [0.1, 0.15) is 16.0 Å². The second kappa shape index (κ2) is 6.08. The van der Waals surface area contributed by atoms with Crippen molar-refractivity contribution in [3.63, 3.8) is 0 Å². The molecule has 1 aromatic carbocycles. The topological polar surface area (TPSA) is 27.0 Å². The zero-order valence-electron chi connectivity index (χ0n) is 10.9. The number of benzene rings is 1. The molecule has 0 bridgehead atoms. The number of rotatable bonds is 3. The molecule has 2 nitrogen and oxygen atoms in total. The third-order valence-corrected chi connectivity index (χ3v) is 4.57. The van der Waals surface area contributed by atoms with Crippen LogP contribution >= 0.6 is 27.3 Å². The Balaban J connectivity index is 2.26. The fourth-order valence-electron chi connectivity index (χ4n) is 1.87. The molecule has 0 aliphatic carbocycles. The zero-order chi connectivity index (χ0) is 15.6. The Hall–Kier alpha value is -1.52. The van der Waals surface area contributed by atoms with Crippen LogP contribution in [0.15, 0.2) is 34.1 Å². The van der Waals surface area contributed by atoms with Crippen molar-refractivity contribution in [3.05, 3.63) is 50.1 Å². The summed E-state index contributed by atoms with van der Waals surface area (Å²) in [6.45, 7) is 0.562. The van der Waals surface area contributed by atoms with Crippen LogP contribution in [0.5, 0.6) is 0 Å². The van der Waals surface area contributed by atoms with Gasteiger partial charge in [0.05, 0.1) is 23.7 Å². The molecule has 0 aliphatic rings. The third kappa shape index (κ3) is 3.77. The molecule has 1 heterocycles. The van der Waals surface area contributed by atoms with Gasteiger partial charge < -0.3 is 4.90 Å². The van der Waals surface area contributed by atoms with Crippen LogP contribution in [0.4, 0.5) is 18.9 Å². The maximum absolute atomic E-state index is 12.7.